The lowest BCUT2D eigenvalue weighted by molar-refractivity contribution is 0.0507. The molecule has 0 radical (unpaired) electrons. The van der Waals surface area contributed by atoms with Gasteiger partial charge in [0, 0.05) is 26.7 Å². The summed E-state index contributed by atoms with van der Waals surface area (Å²) >= 11 is 3.21. The quantitative estimate of drug-likeness (QED) is 0.327. The molecule has 1 amide bonds. The van der Waals surface area contributed by atoms with Crippen LogP contribution in [0.4, 0.5) is 9.18 Å². The zero-order valence-electron chi connectivity index (χ0n) is 16.7. The van der Waals surface area contributed by atoms with E-state index in [0.29, 0.717) is 17.6 Å². The van der Waals surface area contributed by atoms with Gasteiger partial charge >= 0.3 is 6.09 Å². The normalized spacial score (nSPS) is 17.1. The Labute approximate surface area is 191 Å². The summed E-state index contributed by atoms with van der Waals surface area (Å²) in [6, 6.07) is 5.06. The minimum Gasteiger partial charge on any atom is -0.444 e. The fraction of sp³-hybridized carbons (Fsp3) is 0.579. The van der Waals surface area contributed by atoms with Crippen LogP contribution >= 0.6 is 39.9 Å². The van der Waals surface area contributed by atoms with Crippen LogP contribution in [-0.4, -0.2) is 55.3 Å². The standard InChI is InChI=1S/C19H28BrFN4O2.HI/c1-19(2,3)27-18(26)24-14-8-10-25(12-14)17(22-4)23-9-7-13-5-6-16(21)15(20)11-13;/h5-6,11,14H,7-10,12H2,1-4H3,(H,22,23)(H,24,26);1H. The van der Waals surface area contributed by atoms with Crippen molar-refractivity contribution < 1.29 is 13.9 Å². The number of ether oxygens (including phenoxy) is 1. The first-order valence-corrected chi connectivity index (χ1v) is 9.86. The number of halogens is 3. The van der Waals surface area contributed by atoms with E-state index in [0.717, 1.165) is 30.9 Å². The van der Waals surface area contributed by atoms with Crippen molar-refractivity contribution in [2.75, 3.05) is 26.7 Å². The number of nitrogens with zero attached hydrogens (tertiary/aromatic N) is 2. The van der Waals surface area contributed by atoms with Gasteiger partial charge in [-0.25, -0.2) is 9.18 Å². The Bertz CT molecular complexity index is 697. The van der Waals surface area contributed by atoms with Crippen molar-refractivity contribution in [2.24, 2.45) is 4.99 Å². The van der Waals surface area contributed by atoms with Crippen molar-refractivity contribution in [3.63, 3.8) is 0 Å². The number of carbonyl (C=O) groups is 1. The minimum atomic E-state index is -0.505. The molecule has 1 unspecified atom stereocenters. The number of benzene rings is 1. The summed E-state index contributed by atoms with van der Waals surface area (Å²) in [5.74, 6) is 0.535. The fourth-order valence-electron chi connectivity index (χ4n) is 2.89. The maximum Gasteiger partial charge on any atom is 0.407 e. The average Bonchev–Trinajstić information content (AvgIpc) is 3.01. The first-order chi connectivity index (χ1) is 12.7. The summed E-state index contributed by atoms with van der Waals surface area (Å²) in [7, 11) is 1.74. The van der Waals surface area contributed by atoms with Crippen LogP contribution in [0.15, 0.2) is 27.7 Å². The molecule has 2 N–H and O–H groups in total. The lowest BCUT2D eigenvalue weighted by Crippen LogP contribution is -2.44. The molecule has 0 aromatic heterocycles. The number of carbonyl (C=O) groups excluding carboxylic acids is 1. The van der Waals surface area contributed by atoms with Gasteiger partial charge in [0.15, 0.2) is 5.96 Å². The van der Waals surface area contributed by atoms with Crippen molar-refractivity contribution in [3.05, 3.63) is 34.1 Å². The number of likely N-dealkylation sites (tertiary alicyclic amines) is 1. The highest BCUT2D eigenvalue weighted by molar-refractivity contribution is 14.0. The van der Waals surface area contributed by atoms with E-state index < -0.39 is 5.60 Å². The predicted molar refractivity (Wildman–Crippen MR) is 124 cm³/mol. The smallest absolute Gasteiger partial charge is 0.407 e. The zero-order valence-corrected chi connectivity index (χ0v) is 20.6. The number of hydrogen-bond donors (Lipinski definition) is 2. The minimum absolute atomic E-state index is 0. The molecular formula is C19H29BrFIN4O2. The zero-order chi connectivity index (χ0) is 20.0. The van der Waals surface area contributed by atoms with Crippen molar-refractivity contribution in [3.8, 4) is 0 Å². The first kappa shape index (κ1) is 24.9. The molecule has 1 aromatic rings. The van der Waals surface area contributed by atoms with Crippen LogP contribution < -0.4 is 10.6 Å². The van der Waals surface area contributed by atoms with Crippen molar-refractivity contribution >= 4 is 52.0 Å². The molecule has 0 spiro atoms. The van der Waals surface area contributed by atoms with E-state index in [-0.39, 0.29) is 41.9 Å². The van der Waals surface area contributed by atoms with Crippen LogP contribution in [0.5, 0.6) is 0 Å². The van der Waals surface area contributed by atoms with Crippen molar-refractivity contribution in [1.29, 1.82) is 0 Å². The van der Waals surface area contributed by atoms with Gasteiger partial charge < -0.3 is 20.3 Å². The third kappa shape index (κ3) is 8.10. The van der Waals surface area contributed by atoms with E-state index in [2.05, 4.69) is 36.5 Å². The lowest BCUT2D eigenvalue weighted by Gasteiger charge is -2.23. The van der Waals surface area contributed by atoms with E-state index in [1.165, 1.54) is 6.07 Å². The Morgan fingerprint density at radius 3 is 2.75 bits per heavy atom. The van der Waals surface area contributed by atoms with Gasteiger partial charge in [-0.05, 0) is 67.2 Å². The maximum atomic E-state index is 13.3. The number of rotatable bonds is 4. The monoisotopic (exact) mass is 570 g/mol. The Morgan fingerprint density at radius 1 is 1.43 bits per heavy atom. The molecule has 0 saturated carbocycles. The first-order valence-electron chi connectivity index (χ1n) is 9.07. The second-order valence-electron chi connectivity index (χ2n) is 7.55. The lowest BCUT2D eigenvalue weighted by atomic mass is 10.1. The van der Waals surface area contributed by atoms with E-state index >= 15 is 0 Å². The number of aliphatic imine (C=N–C) groups is 1. The summed E-state index contributed by atoms with van der Waals surface area (Å²) in [5.41, 5.74) is 0.534. The molecule has 158 valence electrons. The molecule has 1 fully saturated rings. The average molecular weight is 571 g/mol. The van der Waals surface area contributed by atoms with Gasteiger partial charge in [0.05, 0.1) is 10.5 Å². The predicted octanol–water partition coefficient (Wildman–Crippen LogP) is 3.92. The third-order valence-corrected chi connectivity index (χ3v) is 4.71. The molecule has 2 rings (SSSR count). The molecule has 1 heterocycles. The SMILES string of the molecule is CN=C(NCCc1ccc(F)c(Br)c1)N1CCC(NC(=O)OC(C)(C)C)C1.I. The van der Waals surface area contributed by atoms with E-state index in [1.54, 1.807) is 19.2 Å². The second-order valence-corrected chi connectivity index (χ2v) is 8.40. The van der Waals surface area contributed by atoms with E-state index in [1.807, 2.05) is 20.8 Å². The van der Waals surface area contributed by atoms with E-state index in [4.69, 9.17) is 4.74 Å². The number of nitrogens with one attached hydrogen (secondary N) is 2. The Balaban J connectivity index is 0.00000392. The Hall–Kier alpha value is -1.10. The highest BCUT2D eigenvalue weighted by Crippen LogP contribution is 2.17. The summed E-state index contributed by atoms with van der Waals surface area (Å²) in [4.78, 5) is 18.4. The molecule has 1 atom stereocenters. The van der Waals surface area contributed by atoms with Crippen LogP contribution in [0.3, 0.4) is 0 Å². The third-order valence-electron chi connectivity index (χ3n) is 4.10. The summed E-state index contributed by atoms with van der Waals surface area (Å²) < 4.78 is 19.1. The molecular weight excluding hydrogens is 542 g/mol. The molecule has 6 nitrogen and oxygen atoms in total. The van der Waals surface area contributed by atoms with Crippen LogP contribution in [0.1, 0.15) is 32.8 Å². The Morgan fingerprint density at radius 2 is 2.14 bits per heavy atom. The number of hydrogen-bond acceptors (Lipinski definition) is 3. The van der Waals surface area contributed by atoms with Gasteiger partial charge in [-0.1, -0.05) is 6.07 Å². The van der Waals surface area contributed by atoms with Crippen molar-refractivity contribution in [1.82, 2.24) is 15.5 Å². The van der Waals surface area contributed by atoms with Gasteiger partial charge in [-0.15, -0.1) is 24.0 Å². The van der Waals surface area contributed by atoms with Crippen molar-refractivity contribution in [2.45, 2.75) is 45.3 Å². The number of amides is 1. The Kier molecular flexibility index (Phi) is 9.96. The summed E-state index contributed by atoms with van der Waals surface area (Å²) in [5, 5.41) is 6.24. The van der Waals surface area contributed by atoms with Crippen LogP contribution in [0.25, 0.3) is 0 Å². The van der Waals surface area contributed by atoms with Gasteiger partial charge in [0.2, 0.25) is 0 Å². The molecule has 9 heteroatoms. The van der Waals surface area contributed by atoms with E-state index in [9.17, 15) is 9.18 Å². The molecule has 1 aliphatic rings. The van der Waals surface area contributed by atoms with Gasteiger partial charge in [0.1, 0.15) is 11.4 Å². The second kappa shape index (κ2) is 11.2. The fourth-order valence-corrected chi connectivity index (χ4v) is 3.32. The highest BCUT2D eigenvalue weighted by Gasteiger charge is 2.27. The molecule has 28 heavy (non-hydrogen) atoms. The largest absolute Gasteiger partial charge is 0.444 e. The number of guanidine groups is 1. The molecule has 1 saturated heterocycles. The number of alkyl carbamates (subject to hydrolysis) is 1. The van der Waals surface area contributed by atoms with Crippen LogP contribution in [-0.2, 0) is 11.2 Å². The molecule has 1 aliphatic heterocycles. The molecule has 0 bridgehead atoms. The van der Waals surface area contributed by atoms with Crippen LogP contribution in [0, 0.1) is 5.82 Å². The van der Waals surface area contributed by atoms with Crippen LogP contribution in [0.2, 0.25) is 0 Å². The summed E-state index contributed by atoms with van der Waals surface area (Å²) in [6.45, 7) is 7.71. The highest BCUT2D eigenvalue weighted by atomic mass is 127. The van der Waals surface area contributed by atoms with Gasteiger partial charge in [-0.2, -0.15) is 0 Å². The summed E-state index contributed by atoms with van der Waals surface area (Å²) in [6.07, 6.45) is 1.20. The van der Waals surface area contributed by atoms with Gasteiger partial charge in [0.25, 0.3) is 0 Å². The maximum absolute atomic E-state index is 13.3. The van der Waals surface area contributed by atoms with Gasteiger partial charge in [-0.3, -0.25) is 4.99 Å². The molecule has 0 aliphatic carbocycles. The topological polar surface area (TPSA) is 66.0 Å². The molecule has 1 aromatic carbocycles.